The Bertz CT molecular complexity index is 1250. The molecule has 32 heavy (non-hydrogen) atoms. The van der Waals surface area contributed by atoms with Crippen molar-refractivity contribution in [3.63, 3.8) is 0 Å². The highest BCUT2D eigenvalue weighted by Crippen LogP contribution is 2.25. The van der Waals surface area contributed by atoms with Crippen LogP contribution >= 0.6 is 0 Å². The number of hydrogen-bond acceptors (Lipinski definition) is 6. The van der Waals surface area contributed by atoms with Crippen LogP contribution in [0.15, 0.2) is 48.5 Å². The van der Waals surface area contributed by atoms with Crippen LogP contribution in [0.5, 0.6) is 5.75 Å². The van der Waals surface area contributed by atoms with Crippen molar-refractivity contribution in [1.82, 2.24) is 14.5 Å². The van der Waals surface area contributed by atoms with Crippen LogP contribution in [0, 0.1) is 13.8 Å². The number of aliphatic hydroxyl groups excluding tert-OH is 1. The summed E-state index contributed by atoms with van der Waals surface area (Å²) in [5.74, 6) is 0.530. The number of hydrogen-bond donors (Lipinski definition) is 4. The van der Waals surface area contributed by atoms with Crippen LogP contribution in [0.1, 0.15) is 34.5 Å². The Balaban J connectivity index is 1.60. The minimum absolute atomic E-state index is 0.143. The molecular weight excluding hydrogens is 402 g/mol. The van der Waals surface area contributed by atoms with Gasteiger partial charge in [0.25, 0.3) is 0 Å². The number of benzene rings is 2. The molecule has 0 amide bonds. The van der Waals surface area contributed by atoms with Gasteiger partial charge in [-0.1, -0.05) is 18.2 Å². The van der Waals surface area contributed by atoms with E-state index in [4.69, 9.17) is 5.73 Å². The second kappa shape index (κ2) is 9.28. The zero-order valence-electron chi connectivity index (χ0n) is 18.5. The minimum Gasteiger partial charge on any atom is -0.506 e. The highest BCUT2D eigenvalue weighted by Gasteiger charge is 2.13. The second-order valence-electron chi connectivity index (χ2n) is 8.14. The van der Waals surface area contributed by atoms with E-state index in [1.54, 1.807) is 12.1 Å². The molecule has 0 atom stereocenters. The van der Waals surface area contributed by atoms with Crippen molar-refractivity contribution in [2.75, 3.05) is 17.7 Å². The average molecular weight is 432 g/mol. The molecule has 4 rings (SSSR count). The van der Waals surface area contributed by atoms with E-state index in [-0.39, 0.29) is 12.4 Å². The topological polar surface area (TPSA) is 109 Å². The van der Waals surface area contributed by atoms with Crippen molar-refractivity contribution < 1.29 is 10.2 Å². The van der Waals surface area contributed by atoms with Crippen molar-refractivity contribution >= 4 is 22.7 Å². The van der Waals surface area contributed by atoms with Crippen LogP contribution in [0.4, 0.5) is 11.6 Å². The summed E-state index contributed by atoms with van der Waals surface area (Å²) in [6.07, 6.45) is 1.57. The first-order chi connectivity index (χ1) is 15.4. The lowest BCUT2D eigenvalue weighted by molar-refractivity contribution is 0.288. The van der Waals surface area contributed by atoms with Crippen LogP contribution < -0.4 is 11.1 Å². The number of rotatable bonds is 8. The van der Waals surface area contributed by atoms with Gasteiger partial charge in [-0.2, -0.15) is 0 Å². The summed E-state index contributed by atoms with van der Waals surface area (Å²) in [6.45, 7) is 5.13. The van der Waals surface area contributed by atoms with Crippen LogP contribution in [-0.4, -0.2) is 31.4 Å². The first-order valence-electron chi connectivity index (χ1n) is 10.8. The number of nitrogens with zero attached hydrogens (tertiary/aromatic N) is 3. The van der Waals surface area contributed by atoms with Gasteiger partial charge in [0.05, 0.1) is 17.6 Å². The smallest absolute Gasteiger partial charge is 0.201 e. The van der Waals surface area contributed by atoms with E-state index in [0.29, 0.717) is 24.7 Å². The van der Waals surface area contributed by atoms with E-state index in [2.05, 4.69) is 46.5 Å². The SMILES string of the molecule is Cc1ccc(CCCO)c(NCc2ccc3nc(N)n(Cc4nc(C)ccc4O)c3c2)c1. The fourth-order valence-corrected chi connectivity index (χ4v) is 3.87. The van der Waals surface area contributed by atoms with Gasteiger partial charge in [0, 0.05) is 24.5 Å². The van der Waals surface area contributed by atoms with Gasteiger partial charge in [0.2, 0.25) is 5.95 Å². The molecule has 0 fully saturated rings. The molecule has 5 N–H and O–H groups in total. The number of aromatic nitrogens is 3. The summed E-state index contributed by atoms with van der Waals surface area (Å²) in [7, 11) is 0. The molecule has 7 heteroatoms. The third-order valence-electron chi connectivity index (χ3n) is 5.59. The fraction of sp³-hybridized carbons (Fsp3) is 0.280. The predicted octanol–water partition coefficient (Wildman–Crippen LogP) is 3.92. The minimum atomic E-state index is 0.143. The maximum Gasteiger partial charge on any atom is 0.201 e. The Morgan fingerprint density at radius 1 is 1.03 bits per heavy atom. The quantitative estimate of drug-likeness (QED) is 0.337. The Labute approximate surface area is 187 Å². The molecule has 0 aliphatic carbocycles. The molecule has 166 valence electrons. The average Bonchev–Trinajstić information content (AvgIpc) is 3.08. The Hall–Kier alpha value is -3.58. The molecule has 2 heterocycles. The summed E-state index contributed by atoms with van der Waals surface area (Å²) >= 11 is 0. The van der Waals surface area contributed by atoms with Crippen molar-refractivity contribution in [3.05, 3.63) is 76.6 Å². The number of nitrogens with two attached hydrogens (primary N) is 1. The van der Waals surface area contributed by atoms with Gasteiger partial charge in [-0.15, -0.1) is 0 Å². The van der Waals surface area contributed by atoms with Crippen LogP contribution in [-0.2, 0) is 19.5 Å². The van der Waals surface area contributed by atoms with Gasteiger partial charge in [-0.05, 0) is 73.7 Å². The lowest BCUT2D eigenvalue weighted by atomic mass is 10.0. The van der Waals surface area contributed by atoms with Gasteiger partial charge >= 0.3 is 0 Å². The summed E-state index contributed by atoms with van der Waals surface area (Å²) in [6, 6.07) is 15.9. The Morgan fingerprint density at radius 3 is 2.69 bits per heavy atom. The second-order valence-corrected chi connectivity index (χ2v) is 8.14. The van der Waals surface area contributed by atoms with Crippen LogP contribution in [0.3, 0.4) is 0 Å². The summed E-state index contributed by atoms with van der Waals surface area (Å²) in [5.41, 5.74) is 13.8. The number of nitrogens with one attached hydrogen (secondary N) is 1. The molecule has 0 saturated carbocycles. The maximum atomic E-state index is 10.2. The van der Waals surface area contributed by atoms with Gasteiger partial charge in [-0.3, -0.25) is 4.98 Å². The number of fused-ring (bicyclic) bond motifs is 1. The monoisotopic (exact) mass is 431 g/mol. The Morgan fingerprint density at radius 2 is 1.88 bits per heavy atom. The zero-order valence-corrected chi connectivity index (χ0v) is 18.5. The van der Waals surface area contributed by atoms with Crippen LogP contribution in [0.25, 0.3) is 11.0 Å². The number of aromatic hydroxyl groups is 1. The molecule has 4 aromatic rings. The van der Waals surface area contributed by atoms with E-state index in [0.717, 1.165) is 40.8 Å². The number of aliphatic hydroxyl groups is 1. The van der Waals surface area contributed by atoms with Gasteiger partial charge in [-0.25, -0.2) is 4.98 Å². The molecule has 0 spiro atoms. The van der Waals surface area contributed by atoms with Crippen molar-refractivity contribution in [2.24, 2.45) is 0 Å². The lowest BCUT2D eigenvalue weighted by Crippen LogP contribution is -2.07. The third-order valence-corrected chi connectivity index (χ3v) is 5.59. The number of imidazole rings is 1. The first-order valence-corrected chi connectivity index (χ1v) is 10.8. The summed E-state index contributed by atoms with van der Waals surface area (Å²) in [5, 5.41) is 22.9. The highest BCUT2D eigenvalue weighted by atomic mass is 16.3. The fourth-order valence-electron chi connectivity index (χ4n) is 3.87. The molecule has 0 aliphatic heterocycles. The summed E-state index contributed by atoms with van der Waals surface area (Å²) in [4.78, 5) is 8.92. The van der Waals surface area contributed by atoms with Gasteiger partial charge < -0.3 is 25.8 Å². The van der Waals surface area contributed by atoms with Crippen LogP contribution in [0.2, 0.25) is 0 Å². The first kappa shape index (κ1) is 21.6. The predicted molar refractivity (Wildman–Crippen MR) is 128 cm³/mol. The number of pyridine rings is 1. The molecule has 0 unspecified atom stereocenters. The number of anilines is 2. The standard InChI is InChI=1S/C25H29N5O2/c1-16-5-8-19(4-3-11-31)21(12-16)27-14-18-7-9-20-23(13-18)30(25(26)29-20)15-22-24(32)10-6-17(2)28-22/h5-10,12-13,27,31-32H,3-4,11,14-15H2,1-2H3,(H2,26,29). The summed E-state index contributed by atoms with van der Waals surface area (Å²) < 4.78 is 1.87. The zero-order chi connectivity index (χ0) is 22.7. The largest absolute Gasteiger partial charge is 0.506 e. The maximum absolute atomic E-state index is 10.2. The molecule has 0 aliphatic rings. The van der Waals surface area contributed by atoms with Crippen molar-refractivity contribution in [2.45, 2.75) is 39.8 Å². The van der Waals surface area contributed by atoms with E-state index in [9.17, 15) is 10.2 Å². The van der Waals surface area contributed by atoms with E-state index >= 15 is 0 Å². The van der Waals surface area contributed by atoms with E-state index in [1.807, 2.05) is 23.6 Å². The molecule has 2 aromatic carbocycles. The lowest BCUT2D eigenvalue weighted by Gasteiger charge is -2.14. The molecular formula is C25H29N5O2. The molecule has 7 nitrogen and oxygen atoms in total. The van der Waals surface area contributed by atoms with Crippen molar-refractivity contribution in [1.29, 1.82) is 0 Å². The van der Waals surface area contributed by atoms with E-state index < -0.39 is 0 Å². The normalized spacial score (nSPS) is 11.2. The van der Waals surface area contributed by atoms with Gasteiger partial charge in [0.1, 0.15) is 11.4 Å². The molecule has 0 bridgehead atoms. The number of aryl methyl sites for hydroxylation is 3. The Kier molecular flexibility index (Phi) is 6.28. The molecule has 0 radical (unpaired) electrons. The number of nitrogen functional groups attached to an aromatic ring is 1. The molecule has 0 saturated heterocycles. The molecule has 2 aromatic heterocycles. The highest BCUT2D eigenvalue weighted by molar-refractivity contribution is 5.79. The van der Waals surface area contributed by atoms with Crippen molar-refractivity contribution in [3.8, 4) is 5.75 Å². The van der Waals surface area contributed by atoms with E-state index in [1.165, 1.54) is 11.1 Å². The third kappa shape index (κ3) is 4.68. The van der Waals surface area contributed by atoms with Gasteiger partial charge in [0.15, 0.2) is 0 Å².